The van der Waals surface area contributed by atoms with Crippen LogP contribution in [0.4, 0.5) is 0 Å². The molecule has 6 heteroatoms. The van der Waals surface area contributed by atoms with Crippen LogP contribution in [0, 0.1) is 0 Å². The summed E-state index contributed by atoms with van der Waals surface area (Å²) in [5.74, 6) is 0.801. The summed E-state index contributed by atoms with van der Waals surface area (Å²) in [7, 11) is -3.40. The third-order valence-corrected chi connectivity index (χ3v) is 3.74. The highest BCUT2D eigenvalue weighted by Crippen LogP contribution is 2.35. The molecule has 0 atom stereocenters. The van der Waals surface area contributed by atoms with Crippen LogP contribution in [0.25, 0.3) is 0 Å². The molecule has 1 aliphatic heterocycles. The molecule has 0 saturated heterocycles. The highest BCUT2D eigenvalue weighted by molar-refractivity contribution is 7.90. The Balaban J connectivity index is 2.58. The van der Waals surface area contributed by atoms with Crippen molar-refractivity contribution >= 4 is 15.6 Å². The van der Waals surface area contributed by atoms with Crippen molar-refractivity contribution in [2.24, 2.45) is 0 Å². The maximum Gasteiger partial charge on any atom is 0.175 e. The van der Waals surface area contributed by atoms with Crippen LogP contribution in [-0.2, 0) is 21.1 Å². The first-order valence-electron chi connectivity index (χ1n) is 5.50. The third kappa shape index (κ3) is 2.64. The molecule has 0 radical (unpaired) electrons. The van der Waals surface area contributed by atoms with Gasteiger partial charge >= 0.3 is 0 Å². The molecule has 98 valence electrons. The first-order chi connectivity index (χ1) is 8.38. The van der Waals surface area contributed by atoms with E-state index in [2.05, 4.69) is 0 Å². The number of ether oxygens (including phenoxy) is 2. The molecule has 0 fully saturated rings. The maximum atomic E-state index is 11.7. The van der Waals surface area contributed by atoms with Crippen LogP contribution >= 0.6 is 0 Å². The summed E-state index contributed by atoms with van der Waals surface area (Å²) in [4.78, 5) is 11.3. The van der Waals surface area contributed by atoms with E-state index < -0.39 is 9.84 Å². The standard InChI is InChI=1S/C12H14O5S/c1-8(13)5-9-6-10-11(17-4-3-16-10)7-12(9)18(2,14)15/h6-7H,3-5H2,1-2H3. The number of fused-ring (bicyclic) bond motifs is 1. The number of carbonyl (C=O) groups excluding carboxylic acids is 1. The SMILES string of the molecule is CC(=O)Cc1cc2c(cc1S(C)(=O)=O)OCCO2. The van der Waals surface area contributed by atoms with Gasteiger partial charge in [0.1, 0.15) is 19.0 Å². The molecule has 18 heavy (non-hydrogen) atoms. The minimum atomic E-state index is -3.40. The van der Waals surface area contributed by atoms with Crippen molar-refractivity contribution in [1.29, 1.82) is 0 Å². The molecular weight excluding hydrogens is 256 g/mol. The average molecular weight is 270 g/mol. The molecule has 0 aliphatic carbocycles. The van der Waals surface area contributed by atoms with Crippen LogP contribution < -0.4 is 9.47 Å². The molecule has 1 aromatic rings. The lowest BCUT2D eigenvalue weighted by atomic mass is 10.1. The molecule has 1 aliphatic rings. The highest BCUT2D eigenvalue weighted by atomic mass is 32.2. The van der Waals surface area contributed by atoms with Gasteiger partial charge in [-0.05, 0) is 18.6 Å². The number of Topliss-reactive ketones (excluding diaryl/α,β-unsaturated/α-hetero) is 1. The number of ketones is 1. The predicted molar refractivity (Wildman–Crippen MR) is 64.9 cm³/mol. The molecule has 1 aromatic carbocycles. The second-order valence-electron chi connectivity index (χ2n) is 4.25. The smallest absolute Gasteiger partial charge is 0.175 e. The number of carbonyl (C=O) groups is 1. The fourth-order valence-corrected chi connectivity index (χ4v) is 2.79. The van der Waals surface area contributed by atoms with Crippen LogP contribution in [-0.4, -0.2) is 33.7 Å². The van der Waals surface area contributed by atoms with Gasteiger partial charge in [-0.1, -0.05) is 0 Å². The number of rotatable bonds is 3. The van der Waals surface area contributed by atoms with Crippen LogP contribution in [0.1, 0.15) is 12.5 Å². The highest BCUT2D eigenvalue weighted by Gasteiger charge is 2.21. The summed E-state index contributed by atoms with van der Waals surface area (Å²) in [6.07, 6.45) is 1.18. The van der Waals surface area contributed by atoms with Crippen molar-refractivity contribution in [3.05, 3.63) is 17.7 Å². The fraction of sp³-hybridized carbons (Fsp3) is 0.417. The summed E-state index contributed by atoms with van der Waals surface area (Å²) >= 11 is 0. The van der Waals surface area contributed by atoms with Crippen molar-refractivity contribution in [1.82, 2.24) is 0 Å². The van der Waals surface area contributed by atoms with E-state index >= 15 is 0 Å². The van der Waals surface area contributed by atoms with E-state index in [1.54, 1.807) is 6.07 Å². The molecule has 0 aromatic heterocycles. The van der Waals surface area contributed by atoms with Crippen molar-refractivity contribution in [3.8, 4) is 11.5 Å². The van der Waals surface area contributed by atoms with Crippen molar-refractivity contribution in [2.75, 3.05) is 19.5 Å². The molecule has 0 unspecified atom stereocenters. The van der Waals surface area contributed by atoms with E-state index in [0.29, 0.717) is 30.3 Å². The predicted octanol–water partition coefficient (Wildman–Crippen LogP) is 0.993. The molecule has 2 rings (SSSR count). The normalized spacial score (nSPS) is 14.3. The number of hydrogen-bond donors (Lipinski definition) is 0. The van der Waals surface area contributed by atoms with Gasteiger partial charge in [0.15, 0.2) is 21.3 Å². The fourth-order valence-electron chi connectivity index (χ4n) is 1.86. The Hall–Kier alpha value is -1.56. The molecular formula is C12H14O5S. The van der Waals surface area contributed by atoms with E-state index in [4.69, 9.17) is 9.47 Å². The topological polar surface area (TPSA) is 69.7 Å². The maximum absolute atomic E-state index is 11.7. The van der Waals surface area contributed by atoms with Gasteiger partial charge in [0.25, 0.3) is 0 Å². The molecule has 0 saturated carbocycles. The van der Waals surface area contributed by atoms with E-state index in [1.807, 2.05) is 0 Å². The van der Waals surface area contributed by atoms with E-state index in [-0.39, 0.29) is 17.1 Å². The van der Waals surface area contributed by atoms with Gasteiger partial charge in [-0.3, -0.25) is 4.79 Å². The van der Waals surface area contributed by atoms with Gasteiger partial charge in [-0.2, -0.15) is 0 Å². The lowest BCUT2D eigenvalue weighted by Crippen LogP contribution is -2.17. The minimum absolute atomic E-state index is 0.0685. The van der Waals surface area contributed by atoms with Crippen LogP contribution in [0.5, 0.6) is 11.5 Å². The zero-order valence-corrected chi connectivity index (χ0v) is 11.0. The summed E-state index contributed by atoms with van der Waals surface area (Å²) in [6.45, 7) is 2.23. The Labute approximate surface area is 106 Å². The average Bonchev–Trinajstić information content (AvgIpc) is 2.26. The third-order valence-electron chi connectivity index (χ3n) is 2.56. The quantitative estimate of drug-likeness (QED) is 0.819. The first kappa shape index (κ1) is 12.9. The van der Waals surface area contributed by atoms with Gasteiger partial charge in [-0.15, -0.1) is 0 Å². The van der Waals surface area contributed by atoms with Gasteiger partial charge in [0, 0.05) is 18.7 Å². The number of sulfone groups is 1. The Bertz CT molecular complexity index is 589. The van der Waals surface area contributed by atoms with Crippen molar-refractivity contribution < 1.29 is 22.7 Å². The largest absolute Gasteiger partial charge is 0.486 e. The van der Waals surface area contributed by atoms with E-state index in [1.165, 1.54) is 13.0 Å². The van der Waals surface area contributed by atoms with Crippen LogP contribution in [0.2, 0.25) is 0 Å². The summed E-state index contributed by atoms with van der Waals surface area (Å²) in [6, 6.07) is 3.01. The first-order valence-corrected chi connectivity index (χ1v) is 7.39. The van der Waals surface area contributed by atoms with Crippen LogP contribution in [0.3, 0.4) is 0 Å². The monoisotopic (exact) mass is 270 g/mol. The van der Waals surface area contributed by atoms with Crippen molar-refractivity contribution in [2.45, 2.75) is 18.2 Å². The molecule has 5 nitrogen and oxygen atoms in total. The van der Waals surface area contributed by atoms with Gasteiger partial charge < -0.3 is 9.47 Å². The summed E-state index contributed by atoms with van der Waals surface area (Å²) in [5.41, 5.74) is 0.453. The van der Waals surface area contributed by atoms with E-state index in [9.17, 15) is 13.2 Å². The summed E-state index contributed by atoms with van der Waals surface area (Å²) < 4.78 is 34.2. The van der Waals surface area contributed by atoms with E-state index in [0.717, 1.165) is 6.26 Å². The number of hydrogen-bond acceptors (Lipinski definition) is 5. The molecule has 0 bridgehead atoms. The van der Waals surface area contributed by atoms with Gasteiger partial charge in [0.2, 0.25) is 0 Å². The second-order valence-corrected chi connectivity index (χ2v) is 6.24. The minimum Gasteiger partial charge on any atom is -0.486 e. The van der Waals surface area contributed by atoms with Crippen molar-refractivity contribution in [3.63, 3.8) is 0 Å². The Morgan fingerprint density at radius 3 is 2.28 bits per heavy atom. The Kier molecular flexibility index (Phi) is 3.30. The second kappa shape index (κ2) is 4.61. The van der Waals surface area contributed by atoms with Gasteiger partial charge in [-0.25, -0.2) is 8.42 Å². The van der Waals surface area contributed by atoms with Gasteiger partial charge in [0.05, 0.1) is 4.90 Å². The zero-order valence-electron chi connectivity index (χ0n) is 10.2. The Morgan fingerprint density at radius 1 is 1.22 bits per heavy atom. The molecule has 1 heterocycles. The van der Waals surface area contributed by atoms with Crippen LogP contribution in [0.15, 0.2) is 17.0 Å². The molecule has 0 N–H and O–H groups in total. The molecule has 0 spiro atoms. The lowest BCUT2D eigenvalue weighted by molar-refractivity contribution is -0.116. The summed E-state index contributed by atoms with van der Waals surface area (Å²) in [5, 5.41) is 0. The molecule has 0 amide bonds. The lowest BCUT2D eigenvalue weighted by Gasteiger charge is -2.20. The number of benzene rings is 1. The Morgan fingerprint density at radius 2 is 1.78 bits per heavy atom. The zero-order chi connectivity index (χ0) is 13.3.